The van der Waals surface area contributed by atoms with Crippen molar-refractivity contribution in [3.05, 3.63) is 84.1 Å². The minimum Gasteiger partial charge on any atom is -0.493 e. The number of fused-ring (bicyclic) bond motifs is 1. The second-order valence-electron chi connectivity index (χ2n) is 7.83. The van der Waals surface area contributed by atoms with Gasteiger partial charge < -0.3 is 19.2 Å². The van der Waals surface area contributed by atoms with Crippen LogP contribution < -0.4 is 19.5 Å². The molecule has 8 nitrogen and oxygen atoms in total. The molecular formula is C26H26N2O6S. The van der Waals surface area contributed by atoms with Crippen LogP contribution in [0.4, 0.5) is 5.69 Å². The van der Waals surface area contributed by atoms with E-state index in [9.17, 15) is 13.2 Å². The van der Waals surface area contributed by atoms with Crippen molar-refractivity contribution in [1.82, 2.24) is 5.32 Å². The number of hydrogen-bond acceptors (Lipinski definition) is 6. The predicted octanol–water partition coefficient (Wildman–Crippen LogP) is 4.61. The van der Waals surface area contributed by atoms with Crippen LogP contribution in [0.25, 0.3) is 11.0 Å². The molecule has 0 saturated heterocycles. The summed E-state index contributed by atoms with van der Waals surface area (Å²) in [6.45, 7) is 0.469. The molecule has 0 saturated carbocycles. The highest BCUT2D eigenvalue weighted by atomic mass is 32.2. The van der Waals surface area contributed by atoms with E-state index >= 15 is 0 Å². The van der Waals surface area contributed by atoms with Gasteiger partial charge in [-0.1, -0.05) is 30.3 Å². The van der Waals surface area contributed by atoms with Crippen LogP contribution in [0.5, 0.6) is 11.5 Å². The molecule has 3 aromatic carbocycles. The topological polar surface area (TPSA) is 107 Å². The summed E-state index contributed by atoms with van der Waals surface area (Å²) in [4.78, 5) is 12.5. The second-order valence-corrected chi connectivity index (χ2v) is 9.51. The number of rotatable bonds is 10. The summed E-state index contributed by atoms with van der Waals surface area (Å²) in [7, 11) is -0.770. The van der Waals surface area contributed by atoms with Gasteiger partial charge in [-0.2, -0.15) is 0 Å². The number of ether oxygens (including phenoxy) is 2. The summed E-state index contributed by atoms with van der Waals surface area (Å²) < 4.78 is 44.0. The molecule has 1 heterocycles. The number of furan rings is 1. The first-order chi connectivity index (χ1) is 16.9. The molecule has 4 aromatic rings. The van der Waals surface area contributed by atoms with E-state index in [1.807, 2.05) is 24.3 Å². The van der Waals surface area contributed by atoms with Gasteiger partial charge in [0.2, 0.25) is 0 Å². The average Bonchev–Trinajstić information content (AvgIpc) is 3.31. The van der Waals surface area contributed by atoms with Crippen LogP contribution in [-0.2, 0) is 16.4 Å². The zero-order valence-corrected chi connectivity index (χ0v) is 20.2. The maximum absolute atomic E-state index is 12.8. The van der Waals surface area contributed by atoms with E-state index < -0.39 is 10.0 Å². The molecule has 0 aliphatic carbocycles. The minimum absolute atomic E-state index is 0.147. The number of carbonyl (C=O) groups excluding carboxylic acids is 1. The summed E-state index contributed by atoms with van der Waals surface area (Å²) in [6, 6.07) is 20.6. The van der Waals surface area contributed by atoms with Crippen molar-refractivity contribution in [2.75, 3.05) is 25.5 Å². The highest BCUT2D eigenvalue weighted by molar-refractivity contribution is 7.92. The van der Waals surface area contributed by atoms with Gasteiger partial charge in [0.15, 0.2) is 17.3 Å². The van der Waals surface area contributed by atoms with E-state index in [-0.39, 0.29) is 16.6 Å². The molecule has 2 N–H and O–H groups in total. The van der Waals surface area contributed by atoms with Crippen LogP contribution in [0.1, 0.15) is 22.5 Å². The van der Waals surface area contributed by atoms with Gasteiger partial charge in [-0.05, 0) is 54.8 Å². The molecule has 4 rings (SSSR count). The summed E-state index contributed by atoms with van der Waals surface area (Å²) in [5, 5.41) is 3.74. The Kier molecular flexibility index (Phi) is 7.26. The number of sulfonamides is 1. The van der Waals surface area contributed by atoms with Crippen LogP contribution in [-0.4, -0.2) is 35.1 Å². The van der Waals surface area contributed by atoms with E-state index in [0.717, 1.165) is 10.9 Å². The van der Waals surface area contributed by atoms with Crippen LogP contribution in [0.3, 0.4) is 0 Å². The number of hydrogen-bond donors (Lipinski definition) is 2. The van der Waals surface area contributed by atoms with Gasteiger partial charge in [0.25, 0.3) is 15.9 Å². The normalized spacial score (nSPS) is 11.3. The molecule has 0 atom stereocenters. The van der Waals surface area contributed by atoms with Crippen LogP contribution in [0, 0.1) is 0 Å². The van der Waals surface area contributed by atoms with Crippen molar-refractivity contribution < 1.29 is 27.1 Å². The lowest BCUT2D eigenvalue weighted by Gasteiger charge is -2.12. The van der Waals surface area contributed by atoms with Crippen LogP contribution in [0.2, 0.25) is 0 Å². The molecule has 0 aliphatic rings. The Morgan fingerprint density at radius 1 is 0.914 bits per heavy atom. The molecule has 35 heavy (non-hydrogen) atoms. The number of para-hydroxylation sites is 1. The Morgan fingerprint density at radius 2 is 1.66 bits per heavy atom. The molecule has 0 aliphatic heterocycles. The first-order valence-electron chi connectivity index (χ1n) is 11.0. The lowest BCUT2D eigenvalue weighted by molar-refractivity contribution is 0.0927. The third kappa shape index (κ3) is 5.75. The van der Waals surface area contributed by atoms with Gasteiger partial charge in [-0.15, -0.1) is 0 Å². The van der Waals surface area contributed by atoms with Crippen molar-refractivity contribution in [3.63, 3.8) is 0 Å². The highest BCUT2D eigenvalue weighted by Crippen LogP contribution is 2.30. The third-order valence-electron chi connectivity index (χ3n) is 5.45. The van der Waals surface area contributed by atoms with Crippen molar-refractivity contribution in [3.8, 4) is 11.5 Å². The third-order valence-corrected chi connectivity index (χ3v) is 6.84. The van der Waals surface area contributed by atoms with Crippen molar-refractivity contribution >= 4 is 32.6 Å². The Hall–Kier alpha value is -3.98. The maximum atomic E-state index is 12.8. The number of benzene rings is 3. The lowest BCUT2D eigenvalue weighted by atomic mass is 10.1. The number of aryl methyl sites for hydroxylation is 1. The van der Waals surface area contributed by atoms with Gasteiger partial charge >= 0.3 is 0 Å². The molecule has 182 valence electrons. The van der Waals surface area contributed by atoms with E-state index in [0.29, 0.717) is 42.2 Å². The van der Waals surface area contributed by atoms with E-state index in [4.69, 9.17) is 13.9 Å². The van der Waals surface area contributed by atoms with Crippen molar-refractivity contribution in [2.24, 2.45) is 0 Å². The van der Waals surface area contributed by atoms with Gasteiger partial charge in [0.05, 0.1) is 24.8 Å². The van der Waals surface area contributed by atoms with Gasteiger partial charge in [-0.3, -0.25) is 9.52 Å². The quantitative estimate of drug-likeness (QED) is 0.312. The van der Waals surface area contributed by atoms with Crippen LogP contribution in [0.15, 0.2) is 82.1 Å². The number of amides is 1. The van der Waals surface area contributed by atoms with Crippen molar-refractivity contribution in [1.29, 1.82) is 0 Å². The lowest BCUT2D eigenvalue weighted by Crippen LogP contribution is -2.24. The summed E-state index contributed by atoms with van der Waals surface area (Å²) in [5.41, 5.74) is 2.01. The van der Waals surface area contributed by atoms with E-state index in [2.05, 4.69) is 10.0 Å². The largest absolute Gasteiger partial charge is 0.493 e. The minimum atomic E-state index is -3.77. The van der Waals surface area contributed by atoms with E-state index in [1.54, 1.807) is 48.5 Å². The van der Waals surface area contributed by atoms with Crippen molar-refractivity contribution in [2.45, 2.75) is 17.7 Å². The molecule has 9 heteroatoms. The zero-order valence-electron chi connectivity index (χ0n) is 19.4. The molecule has 0 unspecified atom stereocenters. The number of nitrogens with one attached hydrogen (secondary N) is 2. The fourth-order valence-electron chi connectivity index (χ4n) is 3.62. The molecule has 0 radical (unpaired) electrons. The molecular weight excluding hydrogens is 468 g/mol. The zero-order chi connectivity index (χ0) is 24.8. The SMILES string of the molecule is COc1ccc(NS(=O)(=O)c2ccc(CCCNC(=O)c3cc4ccccc4o3)cc2)cc1OC. The van der Waals surface area contributed by atoms with Gasteiger partial charge in [0.1, 0.15) is 5.58 Å². The predicted molar refractivity (Wildman–Crippen MR) is 134 cm³/mol. The van der Waals surface area contributed by atoms with E-state index in [1.165, 1.54) is 14.2 Å². The molecule has 0 bridgehead atoms. The number of methoxy groups -OCH3 is 2. The standard InChI is InChI=1S/C26H26N2O6S/c1-32-23-14-11-20(17-24(23)33-2)28-35(30,31)21-12-9-18(10-13-21)6-5-15-27-26(29)25-16-19-7-3-4-8-22(19)34-25/h3-4,7-14,16-17,28H,5-6,15H2,1-2H3,(H,27,29). The summed E-state index contributed by atoms with van der Waals surface area (Å²) in [6.07, 6.45) is 1.38. The Balaban J connectivity index is 1.30. The smallest absolute Gasteiger partial charge is 0.287 e. The first kappa shape index (κ1) is 24.2. The molecule has 1 amide bonds. The highest BCUT2D eigenvalue weighted by Gasteiger charge is 2.16. The Morgan fingerprint density at radius 3 is 2.37 bits per heavy atom. The average molecular weight is 495 g/mol. The Bertz CT molecular complexity index is 1400. The van der Waals surface area contributed by atoms with Crippen LogP contribution >= 0.6 is 0 Å². The fourth-order valence-corrected chi connectivity index (χ4v) is 4.67. The monoisotopic (exact) mass is 494 g/mol. The summed E-state index contributed by atoms with van der Waals surface area (Å²) >= 11 is 0. The second kappa shape index (κ2) is 10.5. The van der Waals surface area contributed by atoms with Gasteiger partial charge in [0, 0.05) is 18.0 Å². The molecule has 1 aromatic heterocycles. The Labute approximate surface area is 203 Å². The number of carbonyl (C=O) groups is 1. The fraction of sp³-hybridized carbons (Fsp3) is 0.192. The van der Waals surface area contributed by atoms with Gasteiger partial charge in [-0.25, -0.2) is 8.42 Å². The summed E-state index contributed by atoms with van der Waals surface area (Å²) in [5.74, 6) is 0.954. The number of anilines is 1. The maximum Gasteiger partial charge on any atom is 0.287 e. The molecule has 0 spiro atoms. The molecule has 0 fully saturated rings. The first-order valence-corrected chi connectivity index (χ1v) is 12.5.